The van der Waals surface area contributed by atoms with Gasteiger partial charge in [0.2, 0.25) is 5.91 Å². The van der Waals surface area contributed by atoms with E-state index in [1.807, 2.05) is 0 Å². The Kier molecular flexibility index (Phi) is 5.68. The van der Waals surface area contributed by atoms with Gasteiger partial charge in [-0.3, -0.25) is 19.8 Å². The van der Waals surface area contributed by atoms with Gasteiger partial charge in [0.15, 0.2) is 11.5 Å². The van der Waals surface area contributed by atoms with E-state index in [0.29, 0.717) is 41.7 Å². The molecule has 0 radical (unpaired) electrons. The Bertz CT molecular complexity index is 1360. The Labute approximate surface area is 203 Å². The first-order valence-corrected chi connectivity index (χ1v) is 10.8. The molecule has 3 heterocycles. The number of tetrazole rings is 1. The van der Waals surface area contributed by atoms with Gasteiger partial charge < -0.3 is 20.1 Å². The number of carbonyl (C=O) groups excluding carboxylic acids is 4. The third-order valence-electron chi connectivity index (χ3n) is 5.67. The molecule has 3 N–H and O–H groups in total. The highest BCUT2D eigenvalue weighted by Gasteiger charge is 2.49. The number of nitrogens with zero attached hydrogens (tertiary/aromatic N) is 5. The molecule has 2 aliphatic heterocycles. The molecule has 1 atom stereocenters. The first kappa shape index (κ1) is 22.8. The molecule has 0 spiro atoms. The summed E-state index contributed by atoms with van der Waals surface area (Å²) in [5, 5.41) is 18.2. The average Bonchev–Trinajstić information content (AvgIpc) is 3.48. The van der Waals surface area contributed by atoms with Crippen LogP contribution in [0.1, 0.15) is 12.5 Å². The summed E-state index contributed by atoms with van der Waals surface area (Å²) in [4.78, 5) is 51.3. The minimum Gasteiger partial charge on any atom is -0.486 e. The number of amides is 6. The number of anilines is 1. The summed E-state index contributed by atoms with van der Waals surface area (Å²) in [5.41, 5.74) is -0.0232. The lowest BCUT2D eigenvalue weighted by Crippen LogP contribution is -2.45. The number of urea groups is 2. The van der Waals surface area contributed by atoms with Gasteiger partial charge in [-0.15, -0.1) is 5.10 Å². The van der Waals surface area contributed by atoms with E-state index in [4.69, 9.17) is 9.47 Å². The minimum absolute atomic E-state index is 0.370. The summed E-state index contributed by atoms with van der Waals surface area (Å²) in [6, 6.07) is 9.92. The van der Waals surface area contributed by atoms with Crippen molar-refractivity contribution in [2.45, 2.75) is 12.5 Å². The Balaban J connectivity index is 1.23. The van der Waals surface area contributed by atoms with Crippen LogP contribution in [0.4, 0.5) is 15.3 Å². The molecular formula is C22H20N8O6. The Morgan fingerprint density at radius 3 is 2.69 bits per heavy atom. The first-order chi connectivity index (χ1) is 17.3. The molecule has 0 bridgehead atoms. The molecule has 2 aliphatic rings. The van der Waals surface area contributed by atoms with E-state index in [1.54, 1.807) is 42.5 Å². The number of carbonyl (C=O) groups is 4. The zero-order valence-corrected chi connectivity index (χ0v) is 18.9. The summed E-state index contributed by atoms with van der Waals surface area (Å²) in [7, 11) is 0. The maximum absolute atomic E-state index is 13.2. The van der Waals surface area contributed by atoms with Crippen molar-refractivity contribution in [3.8, 4) is 17.2 Å². The van der Waals surface area contributed by atoms with Crippen LogP contribution in [0.25, 0.3) is 5.69 Å². The first-order valence-electron chi connectivity index (χ1n) is 10.8. The van der Waals surface area contributed by atoms with Gasteiger partial charge >= 0.3 is 12.1 Å². The van der Waals surface area contributed by atoms with Crippen molar-refractivity contribution >= 4 is 29.6 Å². The largest absolute Gasteiger partial charge is 0.486 e. The van der Waals surface area contributed by atoms with Crippen LogP contribution in [-0.2, 0) is 15.1 Å². The van der Waals surface area contributed by atoms with E-state index in [9.17, 15) is 19.2 Å². The molecule has 14 heteroatoms. The van der Waals surface area contributed by atoms with Crippen molar-refractivity contribution in [2.24, 2.45) is 0 Å². The predicted octanol–water partition coefficient (Wildman–Crippen LogP) is 0.549. The summed E-state index contributed by atoms with van der Waals surface area (Å²) in [5.74, 6) is -0.481. The number of imide groups is 2. The molecule has 3 aromatic rings. The third kappa shape index (κ3) is 4.26. The number of fused-ring (bicyclic) bond motifs is 1. The molecular weight excluding hydrogens is 472 g/mol. The zero-order chi connectivity index (χ0) is 25.3. The van der Waals surface area contributed by atoms with E-state index >= 15 is 0 Å². The summed E-state index contributed by atoms with van der Waals surface area (Å²) < 4.78 is 12.3. The van der Waals surface area contributed by atoms with Gasteiger partial charge in [0.05, 0.1) is 5.69 Å². The van der Waals surface area contributed by atoms with Crippen molar-refractivity contribution in [1.82, 2.24) is 35.7 Å². The highest BCUT2D eigenvalue weighted by molar-refractivity contribution is 6.10. The second kappa shape index (κ2) is 8.98. The monoisotopic (exact) mass is 492 g/mol. The minimum atomic E-state index is -1.44. The van der Waals surface area contributed by atoms with Crippen LogP contribution in [0.2, 0.25) is 0 Å². The van der Waals surface area contributed by atoms with Crippen molar-refractivity contribution in [2.75, 3.05) is 25.1 Å². The molecule has 0 saturated carbocycles. The lowest BCUT2D eigenvalue weighted by atomic mass is 9.91. The number of rotatable bonds is 5. The predicted molar refractivity (Wildman–Crippen MR) is 121 cm³/mol. The highest BCUT2D eigenvalue weighted by Crippen LogP contribution is 2.32. The SMILES string of the molecule is C[C@]1(c2cccc(-n3cnnn3)c2)NC(=O)N(CC(=O)NC(=O)Nc2ccc3c(c2)OCCO3)C1=O. The zero-order valence-electron chi connectivity index (χ0n) is 18.9. The van der Waals surface area contributed by atoms with Crippen LogP contribution in [0.15, 0.2) is 48.8 Å². The second-order valence-corrected chi connectivity index (χ2v) is 8.11. The van der Waals surface area contributed by atoms with Gasteiger partial charge in [-0.25, -0.2) is 14.3 Å². The fraction of sp³-hybridized carbons (Fsp3) is 0.227. The van der Waals surface area contributed by atoms with Crippen molar-refractivity contribution in [1.29, 1.82) is 0 Å². The van der Waals surface area contributed by atoms with Crippen LogP contribution in [0, 0.1) is 0 Å². The van der Waals surface area contributed by atoms with Crippen molar-refractivity contribution in [3.63, 3.8) is 0 Å². The topological polar surface area (TPSA) is 170 Å². The molecule has 1 fully saturated rings. The number of hydrogen-bond acceptors (Lipinski definition) is 9. The molecule has 1 aromatic heterocycles. The van der Waals surface area contributed by atoms with E-state index < -0.39 is 36.0 Å². The normalized spacial score (nSPS) is 18.5. The molecule has 6 amide bonds. The number of aromatic nitrogens is 4. The molecule has 14 nitrogen and oxygen atoms in total. The van der Waals surface area contributed by atoms with E-state index in [0.717, 1.165) is 4.90 Å². The smallest absolute Gasteiger partial charge is 0.325 e. The summed E-state index contributed by atoms with van der Waals surface area (Å²) in [6.45, 7) is 1.69. The van der Waals surface area contributed by atoms with Gasteiger partial charge in [-0.1, -0.05) is 12.1 Å². The molecule has 5 rings (SSSR count). The lowest BCUT2D eigenvalue weighted by Gasteiger charge is -2.22. The van der Waals surface area contributed by atoms with Gasteiger partial charge in [0.25, 0.3) is 5.91 Å². The quantitative estimate of drug-likeness (QED) is 0.430. The number of nitrogens with one attached hydrogen (secondary N) is 3. The maximum atomic E-state index is 13.2. The van der Waals surface area contributed by atoms with Gasteiger partial charge in [0, 0.05) is 11.8 Å². The molecule has 1 saturated heterocycles. The van der Waals surface area contributed by atoms with E-state index in [2.05, 4.69) is 31.5 Å². The molecule has 0 aliphatic carbocycles. The molecule has 2 aromatic carbocycles. The van der Waals surface area contributed by atoms with Crippen LogP contribution in [-0.4, -0.2) is 68.7 Å². The van der Waals surface area contributed by atoms with Crippen molar-refractivity contribution < 1.29 is 28.7 Å². The third-order valence-corrected chi connectivity index (χ3v) is 5.67. The van der Waals surface area contributed by atoms with Crippen LogP contribution in [0.5, 0.6) is 11.5 Å². The Hall–Kier alpha value is -5.01. The fourth-order valence-electron chi connectivity index (χ4n) is 3.87. The van der Waals surface area contributed by atoms with Crippen molar-refractivity contribution in [3.05, 3.63) is 54.4 Å². The lowest BCUT2D eigenvalue weighted by molar-refractivity contribution is -0.134. The Morgan fingerprint density at radius 1 is 1.11 bits per heavy atom. The van der Waals surface area contributed by atoms with Gasteiger partial charge in [-0.05, 0) is 47.2 Å². The van der Waals surface area contributed by atoms with Crippen LogP contribution < -0.4 is 25.4 Å². The van der Waals surface area contributed by atoms with Gasteiger partial charge in [-0.2, -0.15) is 0 Å². The number of benzene rings is 2. The number of ether oxygens (including phenoxy) is 2. The molecule has 184 valence electrons. The summed E-state index contributed by atoms with van der Waals surface area (Å²) >= 11 is 0. The van der Waals surface area contributed by atoms with Crippen LogP contribution in [0.3, 0.4) is 0 Å². The maximum Gasteiger partial charge on any atom is 0.325 e. The van der Waals surface area contributed by atoms with Crippen LogP contribution >= 0.6 is 0 Å². The second-order valence-electron chi connectivity index (χ2n) is 8.11. The number of hydrogen-bond donors (Lipinski definition) is 3. The van der Waals surface area contributed by atoms with Gasteiger partial charge in [0.1, 0.15) is 31.6 Å². The molecule has 36 heavy (non-hydrogen) atoms. The molecule has 0 unspecified atom stereocenters. The Morgan fingerprint density at radius 2 is 1.92 bits per heavy atom. The van der Waals surface area contributed by atoms with E-state index in [-0.39, 0.29) is 0 Å². The average molecular weight is 492 g/mol. The fourth-order valence-corrected chi connectivity index (χ4v) is 3.87. The summed E-state index contributed by atoms with van der Waals surface area (Å²) in [6.07, 6.45) is 1.39. The highest BCUT2D eigenvalue weighted by atomic mass is 16.6. The van der Waals surface area contributed by atoms with E-state index in [1.165, 1.54) is 17.9 Å². The standard InChI is InChI=1S/C22H20N8O6/c1-22(13-3-2-4-15(9-13)30-12-23-27-28-30)19(32)29(21(34)26-22)11-18(31)25-20(33)24-14-5-6-16-17(10-14)36-8-7-35-16/h2-6,9-10,12H,7-8,11H2,1H3,(H,26,34)(H2,24,25,31,33)/t22-/m1/s1.